The van der Waals surface area contributed by atoms with Crippen LogP contribution in [-0.2, 0) is 15.0 Å². The van der Waals surface area contributed by atoms with Gasteiger partial charge in [0, 0.05) is 5.56 Å². The lowest BCUT2D eigenvalue weighted by molar-refractivity contribution is -0.130. The maximum atomic E-state index is 13.9. The number of benzene rings is 3. The second-order valence-electron chi connectivity index (χ2n) is 9.38. The molecule has 0 bridgehead atoms. The Morgan fingerprint density at radius 1 is 0.903 bits per heavy atom. The van der Waals surface area contributed by atoms with E-state index < -0.39 is 5.60 Å². The van der Waals surface area contributed by atoms with Crippen LogP contribution in [0.3, 0.4) is 0 Å². The lowest BCUT2D eigenvalue weighted by atomic mass is 9.76. The number of hydrogen-bond acceptors (Lipinski definition) is 3. The number of nitrogens with zero attached hydrogens (tertiary/aromatic N) is 1. The summed E-state index contributed by atoms with van der Waals surface area (Å²) >= 11 is 0. The number of imide groups is 1. The first-order valence-electron chi connectivity index (χ1n) is 10.6. The van der Waals surface area contributed by atoms with Gasteiger partial charge in [-0.3, -0.25) is 9.59 Å². The largest absolute Gasteiger partial charge is 0.476 e. The van der Waals surface area contributed by atoms with Crippen LogP contribution < -0.4 is 9.64 Å². The van der Waals surface area contributed by atoms with Gasteiger partial charge in [-0.25, -0.2) is 4.90 Å². The lowest BCUT2D eigenvalue weighted by Gasteiger charge is -2.28. The molecule has 0 aliphatic carbocycles. The van der Waals surface area contributed by atoms with Crippen LogP contribution in [0.2, 0.25) is 0 Å². The van der Waals surface area contributed by atoms with E-state index in [0.717, 1.165) is 11.1 Å². The van der Waals surface area contributed by atoms with Gasteiger partial charge in [-0.1, -0.05) is 81.4 Å². The molecule has 0 saturated carbocycles. The second kappa shape index (κ2) is 6.81. The average Bonchev–Trinajstić information content (AvgIpc) is 3.20. The molecule has 1 spiro atoms. The first kappa shape index (κ1) is 19.6. The van der Waals surface area contributed by atoms with Gasteiger partial charge < -0.3 is 4.74 Å². The Kier molecular flexibility index (Phi) is 4.30. The quantitative estimate of drug-likeness (QED) is 0.544. The highest BCUT2D eigenvalue weighted by molar-refractivity contribution is 6.25. The van der Waals surface area contributed by atoms with Crippen molar-refractivity contribution < 1.29 is 14.3 Å². The zero-order valence-corrected chi connectivity index (χ0v) is 18.0. The summed E-state index contributed by atoms with van der Waals surface area (Å²) in [5.41, 5.74) is 2.38. The van der Waals surface area contributed by atoms with E-state index in [-0.39, 0.29) is 29.6 Å². The van der Waals surface area contributed by atoms with Gasteiger partial charge in [0.2, 0.25) is 11.5 Å². The van der Waals surface area contributed by atoms with Crippen molar-refractivity contribution in [1.82, 2.24) is 0 Å². The molecule has 1 saturated heterocycles. The predicted octanol–water partition coefficient (Wildman–Crippen LogP) is 5.21. The van der Waals surface area contributed by atoms with E-state index in [1.165, 1.54) is 10.5 Å². The van der Waals surface area contributed by atoms with Gasteiger partial charge in [-0.2, -0.15) is 0 Å². The molecule has 1 fully saturated rings. The molecule has 3 aromatic carbocycles. The molecule has 2 amide bonds. The summed E-state index contributed by atoms with van der Waals surface area (Å²) < 4.78 is 6.41. The van der Waals surface area contributed by atoms with Crippen molar-refractivity contribution in [1.29, 1.82) is 0 Å². The molecule has 5 rings (SSSR count). The molecule has 31 heavy (non-hydrogen) atoms. The van der Waals surface area contributed by atoms with Crippen LogP contribution in [0.4, 0.5) is 5.69 Å². The number of anilines is 1. The van der Waals surface area contributed by atoms with Gasteiger partial charge in [0.05, 0.1) is 18.0 Å². The SMILES string of the molecule is CC(C)(C)c1ccc2c(c1)C(c1ccccc1)C1(CC(=O)N(c3ccccc3)C1=O)O2. The van der Waals surface area contributed by atoms with E-state index in [2.05, 4.69) is 32.9 Å². The van der Waals surface area contributed by atoms with E-state index >= 15 is 0 Å². The molecular formula is C27H25NO3. The molecule has 0 radical (unpaired) electrons. The number of ether oxygens (including phenoxy) is 1. The van der Waals surface area contributed by atoms with Crippen molar-refractivity contribution in [2.24, 2.45) is 0 Å². The monoisotopic (exact) mass is 411 g/mol. The molecule has 2 aliphatic heterocycles. The van der Waals surface area contributed by atoms with Crippen LogP contribution in [0.25, 0.3) is 0 Å². The molecule has 2 aliphatic rings. The number of amides is 2. The van der Waals surface area contributed by atoms with Gasteiger partial charge >= 0.3 is 0 Å². The molecule has 2 atom stereocenters. The normalized spacial score (nSPS) is 22.7. The number of fused-ring (bicyclic) bond motifs is 1. The van der Waals surface area contributed by atoms with Gasteiger partial charge in [0.25, 0.3) is 5.91 Å². The molecule has 0 aromatic heterocycles. The first-order chi connectivity index (χ1) is 14.8. The maximum Gasteiger partial charge on any atom is 0.279 e. The number of rotatable bonds is 2. The highest BCUT2D eigenvalue weighted by Crippen LogP contribution is 2.54. The number of para-hydroxylation sites is 1. The van der Waals surface area contributed by atoms with E-state index in [0.29, 0.717) is 11.4 Å². The zero-order chi connectivity index (χ0) is 21.8. The Bertz CT molecular complexity index is 1160. The molecule has 2 heterocycles. The minimum absolute atomic E-state index is 0.0137. The summed E-state index contributed by atoms with van der Waals surface area (Å²) in [4.78, 5) is 28.3. The highest BCUT2D eigenvalue weighted by atomic mass is 16.5. The standard InChI is InChI=1S/C27H25NO3/c1-26(2,3)19-14-15-22-21(16-19)24(18-10-6-4-7-11-18)27(31-22)17-23(29)28(25(27)30)20-12-8-5-9-13-20/h4-16,24H,17H2,1-3H3. The first-order valence-corrected chi connectivity index (χ1v) is 10.6. The Balaban J connectivity index is 1.68. The second-order valence-corrected chi connectivity index (χ2v) is 9.38. The van der Waals surface area contributed by atoms with Crippen LogP contribution in [0, 0.1) is 0 Å². The van der Waals surface area contributed by atoms with Gasteiger partial charge in [0.1, 0.15) is 5.75 Å². The van der Waals surface area contributed by atoms with Crippen LogP contribution in [0.15, 0.2) is 78.9 Å². The van der Waals surface area contributed by atoms with E-state index in [1.54, 1.807) is 12.1 Å². The summed E-state index contributed by atoms with van der Waals surface area (Å²) in [7, 11) is 0. The van der Waals surface area contributed by atoms with Crippen molar-refractivity contribution in [2.45, 2.75) is 44.1 Å². The Labute approximate surface area is 182 Å². The molecule has 4 nitrogen and oxygen atoms in total. The lowest BCUT2D eigenvalue weighted by Crippen LogP contribution is -2.47. The fourth-order valence-corrected chi connectivity index (χ4v) is 4.76. The fourth-order valence-electron chi connectivity index (χ4n) is 4.76. The third-order valence-electron chi connectivity index (χ3n) is 6.32. The minimum atomic E-state index is -1.27. The Hall–Kier alpha value is -3.40. The number of hydrogen-bond donors (Lipinski definition) is 0. The van der Waals surface area contributed by atoms with Crippen LogP contribution in [-0.4, -0.2) is 17.4 Å². The van der Waals surface area contributed by atoms with Crippen molar-refractivity contribution in [3.8, 4) is 5.75 Å². The highest BCUT2D eigenvalue weighted by Gasteiger charge is 2.63. The Morgan fingerprint density at radius 2 is 1.55 bits per heavy atom. The minimum Gasteiger partial charge on any atom is -0.476 e. The van der Waals surface area contributed by atoms with Crippen LogP contribution in [0.1, 0.15) is 49.8 Å². The van der Waals surface area contributed by atoms with E-state index in [4.69, 9.17) is 4.74 Å². The van der Waals surface area contributed by atoms with Gasteiger partial charge in [-0.15, -0.1) is 0 Å². The summed E-state index contributed by atoms with van der Waals surface area (Å²) in [5.74, 6) is -0.207. The predicted molar refractivity (Wildman–Crippen MR) is 120 cm³/mol. The zero-order valence-electron chi connectivity index (χ0n) is 18.0. The fraction of sp³-hybridized carbons (Fsp3) is 0.259. The molecular weight excluding hydrogens is 386 g/mol. The summed E-state index contributed by atoms with van der Waals surface area (Å²) in [5, 5.41) is 0. The number of carbonyl (C=O) groups excluding carboxylic acids is 2. The van der Waals surface area contributed by atoms with Crippen molar-refractivity contribution in [2.75, 3.05) is 4.90 Å². The molecule has 3 aromatic rings. The molecule has 2 unspecified atom stereocenters. The number of carbonyl (C=O) groups is 2. The summed E-state index contributed by atoms with van der Waals surface area (Å²) in [6, 6.07) is 25.1. The van der Waals surface area contributed by atoms with Crippen LogP contribution in [0.5, 0.6) is 5.75 Å². The third kappa shape index (κ3) is 2.97. The van der Waals surface area contributed by atoms with Gasteiger partial charge in [-0.05, 0) is 34.7 Å². The maximum absolute atomic E-state index is 13.9. The van der Waals surface area contributed by atoms with Crippen LogP contribution >= 0.6 is 0 Å². The van der Waals surface area contributed by atoms with E-state index in [9.17, 15) is 9.59 Å². The molecule has 156 valence electrons. The molecule has 0 N–H and O–H groups in total. The molecule has 4 heteroatoms. The average molecular weight is 412 g/mol. The van der Waals surface area contributed by atoms with Gasteiger partial charge in [0.15, 0.2) is 0 Å². The summed E-state index contributed by atoms with van der Waals surface area (Å²) in [6.45, 7) is 6.50. The summed E-state index contributed by atoms with van der Waals surface area (Å²) in [6.07, 6.45) is 0.0137. The topological polar surface area (TPSA) is 46.6 Å². The van der Waals surface area contributed by atoms with E-state index in [1.807, 2.05) is 54.6 Å². The van der Waals surface area contributed by atoms with Crippen molar-refractivity contribution in [3.63, 3.8) is 0 Å². The smallest absolute Gasteiger partial charge is 0.279 e. The van der Waals surface area contributed by atoms with Crippen molar-refractivity contribution in [3.05, 3.63) is 95.6 Å². The van der Waals surface area contributed by atoms with Crippen molar-refractivity contribution >= 4 is 17.5 Å². The third-order valence-corrected chi connectivity index (χ3v) is 6.32. The Morgan fingerprint density at radius 3 is 2.19 bits per heavy atom.